The Morgan fingerprint density at radius 2 is 1.48 bits per heavy atom. The van der Waals surface area contributed by atoms with Gasteiger partial charge in [-0.2, -0.15) is 0 Å². The molecule has 8 heteroatoms. The Balaban J connectivity index is 1.68. The molecule has 33 heavy (non-hydrogen) atoms. The van der Waals surface area contributed by atoms with Gasteiger partial charge in [-0.3, -0.25) is 0 Å². The zero-order valence-corrected chi connectivity index (χ0v) is 19.3. The van der Waals surface area contributed by atoms with Gasteiger partial charge in [-0.1, -0.05) is 48.0 Å². The Bertz CT molecular complexity index is 985. The van der Waals surface area contributed by atoms with Crippen molar-refractivity contribution in [3.05, 3.63) is 83.4 Å². The third-order valence-electron chi connectivity index (χ3n) is 4.97. The molecule has 3 rings (SSSR count). The highest BCUT2D eigenvalue weighted by atomic mass is 32.2. The molecular weight excluding hydrogens is 444 g/mol. The molecule has 2 aromatic carbocycles. The van der Waals surface area contributed by atoms with Gasteiger partial charge < -0.3 is 18.9 Å². The Labute approximate surface area is 197 Å². The standard InChI is InChI=1S/C25H26O7S/c1-4-13-29-25(28)31-20-15-33-21(14-30-23(26)18-9-5-16(2)6-10-18)22(20)32-24(27)19-11-7-17(3)8-12-19/h4-12,20-22H,1,13-15H2,2-3H3/t20-,21+,22-/m0/s1. The van der Waals surface area contributed by atoms with Crippen LogP contribution in [0.5, 0.6) is 0 Å². The predicted molar refractivity (Wildman–Crippen MR) is 125 cm³/mol. The van der Waals surface area contributed by atoms with Crippen LogP contribution in [0.15, 0.2) is 61.2 Å². The first kappa shape index (κ1) is 24.4. The summed E-state index contributed by atoms with van der Waals surface area (Å²) in [5.41, 5.74) is 2.85. The summed E-state index contributed by atoms with van der Waals surface area (Å²) in [4.78, 5) is 37.1. The van der Waals surface area contributed by atoms with Gasteiger partial charge >= 0.3 is 18.1 Å². The number of carbonyl (C=O) groups is 3. The zero-order chi connectivity index (χ0) is 23.8. The maximum atomic E-state index is 12.7. The number of hydrogen-bond donors (Lipinski definition) is 0. The van der Waals surface area contributed by atoms with E-state index in [0.29, 0.717) is 16.9 Å². The second kappa shape index (κ2) is 11.6. The SMILES string of the molecule is C=CCOC(=O)O[C@H]1CS[C@H](COC(=O)c2ccc(C)cc2)[C@H]1OC(=O)c1ccc(C)cc1. The first-order valence-corrected chi connectivity index (χ1v) is 11.5. The van der Waals surface area contributed by atoms with Gasteiger partial charge in [0.15, 0.2) is 12.2 Å². The largest absolute Gasteiger partial charge is 0.509 e. The van der Waals surface area contributed by atoms with Crippen molar-refractivity contribution < 1.29 is 33.3 Å². The molecule has 174 valence electrons. The summed E-state index contributed by atoms with van der Waals surface area (Å²) in [7, 11) is 0. The van der Waals surface area contributed by atoms with Crippen molar-refractivity contribution in [3.8, 4) is 0 Å². The summed E-state index contributed by atoms with van der Waals surface area (Å²) in [6.07, 6.45) is -1.02. The minimum Gasteiger partial charge on any atom is -0.461 e. The lowest BCUT2D eigenvalue weighted by Gasteiger charge is -2.24. The number of ether oxygens (including phenoxy) is 4. The first-order chi connectivity index (χ1) is 15.9. The molecule has 0 radical (unpaired) electrons. The summed E-state index contributed by atoms with van der Waals surface area (Å²) in [5, 5.41) is -0.411. The number of hydrogen-bond acceptors (Lipinski definition) is 8. The number of rotatable bonds is 8. The van der Waals surface area contributed by atoms with Crippen LogP contribution in [-0.2, 0) is 18.9 Å². The molecule has 1 aliphatic heterocycles. The summed E-state index contributed by atoms with van der Waals surface area (Å²) in [6, 6.07) is 14.0. The van der Waals surface area contributed by atoms with Crippen LogP contribution in [0, 0.1) is 13.8 Å². The van der Waals surface area contributed by atoms with Crippen LogP contribution in [0.3, 0.4) is 0 Å². The Morgan fingerprint density at radius 1 is 0.909 bits per heavy atom. The van der Waals surface area contributed by atoms with E-state index in [4.69, 9.17) is 18.9 Å². The minimum atomic E-state index is -0.880. The van der Waals surface area contributed by atoms with Crippen LogP contribution in [0.25, 0.3) is 0 Å². The Morgan fingerprint density at radius 3 is 2.06 bits per heavy atom. The monoisotopic (exact) mass is 470 g/mol. The number of benzene rings is 2. The predicted octanol–water partition coefficient (Wildman–Crippen LogP) is 4.51. The van der Waals surface area contributed by atoms with E-state index in [1.807, 2.05) is 38.1 Å². The summed E-state index contributed by atoms with van der Waals surface area (Å²) >= 11 is 1.40. The molecule has 2 aromatic rings. The molecule has 0 unspecified atom stereocenters. The molecule has 0 aliphatic carbocycles. The summed E-state index contributed by atoms with van der Waals surface area (Å²) in [6.45, 7) is 7.33. The second-order valence-corrected chi connectivity index (χ2v) is 8.85. The average molecular weight is 471 g/mol. The molecule has 0 saturated carbocycles. The second-order valence-electron chi connectivity index (χ2n) is 7.58. The molecular formula is C25H26O7S. The topological polar surface area (TPSA) is 88.1 Å². The Hall–Kier alpha value is -3.26. The van der Waals surface area contributed by atoms with Crippen LogP contribution in [0.4, 0.5) is 4.79 Å². The maximum absolute atomic E-state index is 12.7. The van der Waals surface area contributed by atoms with E-state index < -0.39 is 35.6 Å². The van der Waals surface area contributed by atoms with E-state index in [2.05, 4.69) is 6.58 Å². The third-order valence-corrected chi connectivity index (χ3v) is 6.32. The van der Waals surface area contributed by atoms with Crippen molar-refractivity contribution in [2.24, 2.45) is 0 Å². The molecule has 0 bridgehead atoms. The molecule has 3 atom stereocenters. The van der Waals surface area contributed by atoms with Gasteiger partial charge in [0.05, 0.1) is 16.4 Å². The highest BCUT2D eigenvalue weighted by Gasteiger charge is 2.43. The molecule has 0 N–H and O–H groups in total. The van der Waals surface area contributed by atoms with Crippen molar-refractivity contribution in [1.82, 2.24) is 0 Å². The molecule has 1 fully saturated rings. The van der Waals surface area contributed by atoms with E-state index in [9.17, 15) is 14.4 Å². The lowest BCUT2D eigenvalue weighted by molar-refractivity contribution is -0.0366. The van der Waals surface area contributed by atoms with E-state index in [-0.39, 0.29) is 13.2 Å². The van der Waals surface area contributed by atoms with Gasteiger partial charge in [-0.25, -0.2) is 14.4 Å². The van der Waals surface area contributed by atoms with Gasteiger partial charge in [0.1, 0.15) is 13.2 Å². The first-order valence-electron chi connectivity index (χ1n) is 10.4. The minimum absolute atomic E-state index is 0.00408. The number of thioether (sulfide) groups is 1. The zero-order valence-electron chi connectivity index (χ0n) is 18.5. The smallest absolute Gasteiger partial charge is 0.461 e. The average Bonchev–Trinajstić information content (AvgIpc) is 3.17. The van der Waals surface area contributed by atoms with Crippen molar-refractivity contribution in [2.45, 2.75) is 31.3 Å². The molecule has 0 amide bonds. The fourth-order valence-corrected chi connectivity index (χ4v) is 4.42. The van der Waals surface area contributed by atoms with Crippen molar-refractivity contribution >= 4 is 29.9 Å². The third kappa shape index (κ3) is 6.86. The van der Waals surface area contributed by atoms with Crippen molar-refractivity contribution in [2.75, 3.05) is 19.0 Å². The van der Waals surface area contributed by atoms with Gasteiger partial charge in [0.25, 0.3) is 0 Å². The normalized spacial score (nSPS) is 19.4. The summed E-state index contributed by atoms with van der Waals surface area (Å²) in [5.74, 6) is -0.665. The Kier molecular flexibility index (Phi) is 8.54. The summed E-state index contributed by atoms with van der Waals surface area (Å²) < 4.78 is 21.4. The lowest BCUT2D eigenvalue weighted by Crippen LogP contribution is -2.40. The quantitative estimate of drug-likeness (QED) is 0.316. The van der Waals surface area contributed by atoms with Crippen LogP contribution < -0.4 is 0 Å². The van der Waals surface area contributed by atoms with E-state index in [1.165, 1.54) is 17.8 Å². The highest BCUT2D eigenvalue weighted by molar-refractivity contribution is 8.00. The number of esters is 2. The van der Waals surface area contributed by atoms with Crippen LogP contribution in [-0.4, -0.2) is 54.5 Å². The molecule has 0 aromatic heterocycles. The number of carbonyl (C=O) groups excluding carboxylic acids is 3. The van der Waals surface area contributed by atoms with Gasteiger partial charge in [0, 0.05) is 5.75 Å². The van der Waals surface area contributed by atoms with Crippen molar-refractivity contribution in [3.63, 3.8) is 0 Å². The molecule has 7 nitrogen and oxygen atoms in total. The van der Waals surface area contributed by atoms with E-state index in [0.717, 1.165) is 11.1 Å². The maximum Gasteiger partial charge on any atom is 0.509 e. The lowest BCUT2D eigenvalue weighted by atomic mass is 10.1. The van der Waals surface area contributed by atoms with Gasteiger partial charge in [-0.15, -0.1) is 11.8 Å². The fourth-order valence-electron chi connectivity index (χ4n) is 3.14. The van der Waals surface area contributed by atoms with Gasteiger partial charge in [0.2, 0.25) is 0 Å². The van der Waals surface area contributed by atoms with E-state index in [1.54, 1.807) is 24.3 Å². The van der Waals surface area contributed by atoms with Gasteiger partial charge in [-0.05, 0) is 38.1 Å². The highest BCUT2D eigenvalue weighted by Crippen LogP contribution is 2.33. The molecule has 1 aliphatic rings. The van der Waals surface area contributed by atoms with Crippen molar-refractivity contribution in [1.29, 1.82) is 0 Å². The van der Waals surface area contributed by atoms with Crippen LogP contribution in [0.2, 0.25) is 0 Å². The fraction of sp³-hybridized carbons (Fsp3) is 0.320. The molecule has 0 spiro atoms. The van der Waals surface area contributed by atoms with Crippen LogP contribution in [0.1, 0.15) is 31.8 Å². The molecule has 1 heterocycles. The van der Waals surface area contributed by atoms with E-state index >= 15 is 0 Å². The number of aryl methyl sites for hydroxylation is 2. The van der Waals surface area contributed by atoms with Crippen LogP contribution >= 0.6 is 11.8 Å². The molecule has 1 saturated heterocycles.